The first kappa shape index (κ1) is 12.7. The van der Waals surface area contributed by atoms with Crippen LogP contribution in [0.2, 0.25) is 0 Å². The Morgan fingerprint density at radius 3 is 2.50 bits per heavy atom. The standard InChI is InChI=1S/C11H13O4P/c1-2-14-10(11(12)16)7-8-3-5-9(15-13)6-4-8/h3-7,13H,2,16H2,1H3/b10-7-. The minimum Gasteiger partial charge on any atom is -0.490 e. The molecule has 0 radical (unpaired) electrons. The van der Waals surface area contributed by atoms with E-state index in [1.807, 2.05) is 6.92 Å². The second-order valence-electron chi connectivity index (χ2n) is 2.97. The van der Waals surface area contributed by atoms with Crippen LogP contribution in [0.4, 0.5) is 0 Å². The lowest BCUT2D eigenvalue weighted by Gasteiger charge is -2.04. The van der Waals surface area contributed by atoms with Crippen molar-refractivity contribution in [3.8, 4) is 5.75 Å². The van der Waals surface area contributed by atoms with Crippen molar-refractivity contribution in [2.45, 2.75) is 6.92 Å². The molecule has 0 heterocycles. The Hall–Kier alpha value is -1.38. The maximum Gasteiger partial charge on any atom is 0.212 e. The summed E-state index contributed by atoms with van der Waals surface area (Å²) < 4.78 is 5.17. The summed E-state index contributed by atoms with van der Waals surface area (Å²) in [5.41, 5.74) is 0.587. The van der Waals surface area contributed by atoms with Crippen LogP contribution in [0.25, 0.3) is 6.08 Å². The molecule has 4 nitrogen and oxygen atoms in total. The molecule has 0 bridgehead atoms. The summed E-state index contributed by atoms with van der Waals surface area (Å²) in [4.78, 5) is 15.2. The zero-order chi connectivity index (χ0) is 12.0. The van der Waals surface area contributed by atoms with E-state index in [1.54, 1.807) is 30.3 Å². The highest BCUT2D eigenvalue weighted by Gasteiger charge is 2.04. The van der Waals surface area contributed by atoms with Crippen LogP contribution in [0.1, 0.15) is 12.5 Å². The fourth-order valence-electron chi connectivity index (χ4n) is 1.12. The molecule has 1 aromatic carbocycles. The molecule has 16 heavy (non-hydrogen) atoms. The predicted octanol–water partition coefficient (Wildman–Crippen LogP) is 2.32. The van der Waals surface area contributed by atoms with E-state index >= 15 is 0 Å². The minimum absolute atomic E-state index is 0.204. The predicted molar refractivity (Wildman–Crippen MR) is 64.0 cm³/mol. The summed E-state index contributed by atoms with van der Waals surface area (Å²) in [6.45, 7) is 2.24. The molecule has 86 valence electrons. The highest BCUT2D eigenvalue weighted by molar-refractivity contribution is 7.41. The summed E-state index contributed by atoms with van der Waals surface area (Å²) in [5, 5.41) is 8.39. The van der Waals surface area contributed by atoms with E-state index in [9.17, 15) is 4.79 Å². The van der Waals surface area contributed by atoms with Crippen molar-refractivity contribution in [1.82, 2.24) is 0 Å². The SMILES string of the molecule is CCO/C(=C\c1ccc(OO)cc1)C(=O)P. The van der Waals surface area contributed by atoms with E-state index < -0.39 is 0 Å². The number of rotatable bonds is 5. The van der Waals surface area contributed by atoms with Crippen molar-refractivity contribution in [2.75, 3.05) is 6.61 Å². The van der Waals surface area contributed by atoms with Gasteiger partial charge in [0, 0.05) is 0 Å². The summed E-state index contributed by atoms with van der Waals surface area (Å²) in [6, 6.07) is 6.59. The lowest BCUT2D eigenvalue weighted by atomic mass is 10.2. The Balaban J connectivity index is 2.89. The van der Waals surface area contributed by atoms with Gasteiger partial charge in [-0.3, -0.25) is 4.79 Å². The first-order valence-electron chi connectivity index (χ1n) is 4.73. The molecule has 0 spiro atoms. The molecule has 1 atom stereocenters. The van der Waals surface area contributed by atoms with Crippen molar-refractivity contribution < 1.29 is 19.7 Å². The van der Waals surface area contributed by atoms with Crippen LogP contribution in [0.15, 0.2) is 30.0 Å². The summed E-state index contributed by atoms with van der Waals surface area (Å²) in [5.74, 6) is 0.623. The van der Waals surface area contributed by atoms with E-state index in [4.69, 9.17) is 9.99 Å². The van der Waals surface area contributed by atoms with Gasteiger partial charge in [-0.2, -0.15) is 0 Å². The number of hydrogen-bond acceptors (Lipinski definition) is 4. The summed E-state index contributed by atoms with van der Waals surface area (Å²) in [7, 11) is 2.06. The molecule has 5 heteroatoms. The number of allylic oxidation sites excluding steroid dienone is 1. The van der Waals surface area contributed by atoms with Crippen LogP contribution in [-0.4, -0.2) is 17.4 Å². The van der Waals surface area contributed by atoms with Gasteiger partial charge in [0.05, 0.1) is 6.61 Å². The zero-order valence-corrected chi connectivity index (χ0v) is 10.00. The first-order chi connectivity index (χ1) is 7.67. The molecule has 0 aliphatic carbocycles. The van der Waals surface area contributed by atoms with E-state index in [-0.39, 0.29) is 11.3 Å². The third kappa shape index (κ3) is 3.65. The smallest absolute Gasteiger partial charge is 0.212 e. The van der Waals surface area contributed by atoms with Gasteiger partial charge in [0.25, 0.3) is 0 Å². The fraction of sp³-hybridized carbons (Fsp3) is 0.182. The van der Waals surface area contributed by atoms with Crippen LogP contribution < -0.4 is 4.89 Å². The number of carbonyl (C=O) groups excluding carboxylic acids is 1. The Bertz CT molecular complexity index is 383. The average molecular weight is 240 g/mol. The molecule has 0 saturated carbocycles. The normalized spacial score (nSPS) is 11.1. The molecular formula is C11H13O4P. The molecule has 0 aliphatic rings. The lowest BCUT2D eigenvalue weighted by Crippen LogP contribution is -1.98. The van der Waals surface area contributed by atoms with Crippen molar-refractivity contribution >= 4 is 20.8 Å². The van der Waals surface area contributed by atoms with Gasteiger partial charge in [0.15, 0.2) is 11.5 Å². The maximum atomic E-state index is 11.2. The molecular weight excluding hydrogens is 227 g/mol. The number of hydrogen-bond donors (Lipinski definition) is 1. The molecule has 1 rings (SSSR count). The molecule has 0 aliphatic heterocycles. The third-order valence-electron chi connectivity index (χ3n) is 1.83. The quantitative estimate of drug-likeness (QED) is 0.282. The number of ether oxygens (including phenoxy) is 1. The minimum atomic E-state index is -0.204. The lowest BCUT2D eigenvalue weighted by molar-refractivity contribution is -0.137. The maximum absolute atomic E-state index is 11.2. The fourth-order valence-corrected chi connectivity index (χ4v) is 1.28. The van der Waals surface area contributed by atoms with E-state index in [0.29, 0.717) is 12.4 Å². The molecule has 0 fully saturated rings. The molecule has 1 unspecified atom stereocenters. The molecule has 1 aromatic rings. The van der Waals surface area contributed by atoms with Gasteiger partial charge in [-0.15, -0.1) is 0 Å². The Morgan fingerprint density at radius 1 is 1.44 bits per heavy atom. The summed E-state index contributed by atoms with van der Waals surface area (Å²) in [6.07, 6.45) is 1.62. The van der Waals surface area contributed by atoms with E-state index in [1.165, 1.54) is 0 Å². The van der Waals surface area contributed by atoms with Gasteiger partial charge in [0.2, 0.25) is 5.52 Å². The van der Waals surface area contributed by atoms with Crippen molar-refractivity contribution in [2.24, 2.45) is 0 Å². The highest BCUT2D eigenvalue weighted by Crippen LogP contribution is 2.15. The van der Waals surface area contributed by atoms with Gasteiger partial charge < -0.3 is 9.62 Å². The second kappa shape index (κ2) is 6.26. The van der Waals surface area contributed by atoms with Gasteiger partial charge in [-0.1, -0.05) is 21.4 Å². The third-order valence-corrected chi connectivity index (χ3v) is 2.11. The summed E-state index contributed by atoms with van der Waals surface area (Å²) >= 11 is 0. The van der Waals surface area contributed by atoms with Crippen molar-refractivity contribution in [1.29, 1.82) is 0 Å². The van der Waals surface area contributed by atoms with E-state index in [0.717, 1.165) is 5.56 Å². The molecule has 0 saturated heterocycles. The van der Waals surface area contributed by atoms with Gasteiger partial charge in [0.1, 0.15) is 0 Å². The van der Waals surface area contributed by atoms with Crippen LogP contribution >= 0.6 is 9.24 Å². The Morgan fingerprint density at radius 2 is 2.06 bits per heavy atom. The topological polar surface area (TPSA) is 55.8 Å². The number of carbonyl (C=O) groups is 1. The van der Waals surface area contributed by atoms with Crippen molar-refractivity contribution in [3.05, 3.63) is 35.6 Å². The van der Waals surface area contributed by atoms with Crippen LogP contribution in [-0.2, 0) is 9.53 Å². The van der Waals surface area contributed by atoms with Gasteiger partial charge in [-0.25, -0.2) is 5.26 Å². The van der Waals surface area contributed by atoms with Gasteiger partial charge >= 0.3 is 0 Å². The van der Waals surface area contributed by atoms with Crippen molar-refractivity contribution in [3.63, 3.8) is 0 Å². The van der Waals surface area contributed by atoms with Crippen LogP contribution in [0.5, 0.6) is 5.75 Å². The van der Waals surface area contributed by atoms with Crippen LogP contribution in [0.3, 0.4) is 0 Å². The average Bonchev–Trinajstić information content (AvgIpc) is 2.29. The number of benzene rings is 1. The molecule has 1 N–H and O–H groups in total. The molecule has 0 aromatic heterocycles. The second-order valence-corrected chi connectivity index (χ2v) is 3.49. The van der Waals surface area contributed by atoms with Gasteiger partial charge in [-0.05, 0) is 30.7 Å². The van der Waals surface area contributed by atoms with E-state index in [2.05, 4.69) is 14.1 Å². The van der Waals surface area contributed by atoms with Crippen LogP contribution in [0, 0.1) is 0 Å². The Labute approximate surface area is 96.0 Å². The first-order valence-corrected chi connectivity index (χ1v) is 5.31. The zero-order valence-electron chi connectivity index (χ0n) is 8.84. The molecule has 0 amide bonds. The monoisotopic (exact) mass is 240 g/mol. The largest absolute Gasteiger partial charge is 0.490 e. The highest BCUT2D eigenvalue weighted by atomic mass is 31.0. The Kier molecular flexibility index (Phi) is 4.96.